The average Bonchev–Trinajstić information content (AvgIpc) is 2.94. The Bertz CT molecular complexity index is 439. The van der Waals surface area contributed by atoms with Crippen LogP contribution in [-0.2, 0) is 4.74 Å². The molecule has 1 saturated heterocycles. The number of nitrogens with one attached hydrogen (secondary N) is 1. The molecule has 1 fully saturated rings. The number of hydrogen-bond donors (Lipinski definition) is 1. The van der Waals surface area contributed by atoms with Gasteiger partial charge in [0.2, 0.25) is 0 Å². The first-order valence-electron chi connectivity index (χ1n) is 6.22. The molecule has 0 amide bonds. The SMILES string of the molecule is COc1cccc(OC)c1C(=O)C1CC(OC)CN1. The van der Waals surface area contributed by atoms with Crippen molar-refractivity contribution in [1.29, 1.82) is 0 Å². The van der Waals surface area contributed by atoms with Gasteiger partial charge in [-0.2, -0.15) is 0 Å². The van der Waals surface area contributed by atoms with Gasteiger partial charge >= 0.3 is 0 Å². The minimum atomic E-state index is -0.254. The van der Waals surface area contributed by atoms with E-state index >= 15 is 0 Å². The van der Waals surface area contributed by atoms with E-state index < -0.39 is 0 Å². The zero-order chi connectivity index (χ0) is 13.8. The molecule has 0 radical (unpaired) electrons. The van der Waals surface area contributed by atoms with Crippen molar-refractivity contribution in [2.24, 2.45) is 0 Å². The van der Waals surface area contributed by atoms with Crippen LogP contribution in [0.4, 0.5) is 0 Å². The topological polar surface area (TPSA) is 56.8 Å². The molecule has 19 heavy (non-hydrogen) atoms. The van der Waals surface area contributed by atoms with E-state index in [1.807, 2.05) is 0 Å². The van der Waals surface area contributed by atoms with Gasteiger partial charge in [-0.25, -0.2) is 0 Å². The molecular weight excluding hydrogens is 246 g/mol. The number of rotatable bonds is 5. The number of methoxy groups -OCH3 is 3. The molecule has 2 unspecified atom stereocenters. The maximum absolute atomic E-state index is 12.6. The fourth-order valence-electron chi connectivity index (χ4n) is 2.35. The largest absolute Gasteiger partial charge is 0.496 e. The second kappa shape index (κ2) is 6.04. The zero-order valence-electron chi connectivity index (χ0n) is 11.4. The molecule has 1 aromatic carbocycles. The summed E-state index contributed by atoms with van der Waals surface area (Å²) < 4.78 is 15.8. The molecule has 0 aliphatic carbocycles. The van der Waals surface area contributed by atoms with Crippen LogP contribution in [-0.4, -0.2) is 45.8 Å². The maximum atomic E-state index is 12.6. The summed E-state index contributed by atoms with van der Waals surface area (Å²) in [5.74, 6) is 1.05. The van der Waals surface area contributed by atoms with Crippen molar-refractivity contribution in [3.8, 4) is 11.5 Å². The van der Waals surface area contributed by atoms with Crippen molar-refractivity contribution >= 4 is 5.78 Å². The summed E-state index contributed by atoms with van der Waals surface area (Å²) in [4.78, 5) is 12.6. The van der Waals surface area contributed by atoms with Crippen LogP contribution in [0.1, 0.15) is 16.8 Å². The van der Waals surface area contributed by atoms with Crippen molar-refractivity contribution in [2.45, 2.75) is 18.6 Å². The van der Waals surface area contributed by atoms with E-state index in [2.05, 4.69) is 5.32 Å². The van der Waals surface area contributed by atoms with Crippen molar-refractivity contribution < 1.29 is 19.0 Å². The number of benzene rings is 1. The lowest BCUT2D eigenvalue weighted by Crippen LogP contribution is -2.31. The Hall–Kier alpha value is -1.59. The van der Waals surface area contributed by atoms with E-state index in [-0.39, 0.29) is 17.9 Å². The standard InChI is InChI=1S/C14H19NO4/c1-17-9-7-10(15-8-9)14(16)13-11(18-2)5-4-6-12(13)19-3/h4-6,9-10,15H,7-8H2,1-3H3. The van der Waals surface area contributed by atoms with E-state index in [9.17, 15) is 4.79 Å². The van der Waals surface area contributed by atoms with Crippen LogP contribution < -0.4 is 14.8 Å². The number of ketones is 1. The Morgan fingerprint density at radius 3 is 2.32 bits per heavy atom. The third-order valence-electron chi connectivity index (χ3n) is 3.41. The van der Waals surface area contributed by atoms with Gasteiger partial charge in [0.15, 0.2) is 5.78 Å². The first-order chi connectivity index (χ1) is 9.21. The Kier molecular flexibility index (Phi) is 4.39. The minimum Gasteiger partial charge on any atom is -0.496 e. The molecule has 1 heterocycles. The number of hydrogen-bond acceptors (Lipinski definition) is 5. The van der Waals surface area contributed by atoms with Crippen LogP contribution in [0.3, 0.4) is 0 Å². The number of ether oxygens (including phenoxy) is 3. The minimum absolute atomic E-state index is 0.0196. The van der Waals surface area contributed by atoms with Gasteiger partial charge in [-0.05, 0) is 18.6 Å². The fraction of sp³-hybridized carbons (Fsp3) is 0.500. The van der Waals surface area contributed by atoms with E-state index in [0.29, 0.717) is 30.0 Å². The summed E-state index contributed by atoms with van der Waals surface area (Å²) in [5, 5.41) is 3.17. The Labute approximate surface area is 112 Å². The lowest BCUT2D eigenvalue weighted by atomic mass is 10.0. The second-order valence-corrected chi connectivity index (χ2v) is 4.46. The van der Waals surface area contributed by atoms with Gasteiger partial charge in [0.1, 0.15) is 17.1 Å². The van der Waals surface area contributed by atoms with Gasteiger partial charge in [0.05, 0.1) is 26.4 Å². The molecule has 0 aromatic heterocycles. The highest BCUT2D eigenvalue weighted by molar-refractivity contribution is 6.05. The highest BCUT2D eigenvalue weighted by Crippen LogP contribution is 2.30. The molecule has 0 bridgehead atoms. The second-order valence-electron chi connectivity index (χ2n) is 4.46. The van der Waals surface area contributed by atoms with Crippen LogP contribution in [0.2, 0.25) is 0 Å². The molecule has 1 aliphatic heterocycles. The molecule has 2 rings (SSSR count). The van der Waals surface area contributed by atoms with Crippen molar-refractivity contribution in [3.63, 3.8) is 0 Å². The first kappa shape index (κ1) is 13.8. The summed E-state index contributed by atoms with van der Waals surface area (Å²) >= 11 is 0. The third-order valence-corrected chi connectivity index (χ3v) is 3.41. The third kappa shape index (κ3) is 2.72. The van der Waals surface area contributed by atoms with Gasteiger partial charge in [-0.1, -0.05) is 6.07 Å². The molecule has 104 valence electrons. The highest BCUT2D eigenvalue weighted by atomic mass is 16.5. The average molecular weight is 265 g/mol. The molecule has 1 aliphatic rings. The molecule has 1 aromatic rings. The fourth-order valence-corrected chi connectivity index (χ4v) is 2.35. The summed E-state index contributed by atoms with van der Waals surface area (Å²) in [6.07, 6.45) is 0.742. The molecule has 2 atom stereocenters. The van der Waals surface area contributed by atoms with Crippen molar-refractivity contribution in [2.75, 3.05) is 27.9 Å². The maximum Gasteiger partial charge on any atom is 0.187 e. The predicted molar refractivity (Wildman–Crippen MR) is 71.1 cm³/mol. The molecule has 1 N–H and O–H groups in total. The van der Waals surface area contributed by atoms with Gasteiger partial charge in [0, 0.05) is 13.7 Å². The Balaban J connectivity index is 2.28. The summed E-state index contributed by atoms with van der Waals surface area (Å²) in [5.41, 5.74) is 0.488. The van der Waals surface area contributed by atoms with Crippen molar-refractivity contribution in [3.05, 3.63) is 23.8 Å². The summed E-state index contributed by atoms with van der Waals surface area (Å²) in [6.45, 7) is 0.685. The van der Waals surface area contributed by atoms with E-state index in [1.54, 1.807) is 39.5 Å². The van der Waals surface area contributed by atoms with E-state index in [1.165, 1.54) is 0 Å². The van der Waals surface area contributed by atoms with Gasteiger partial charge in [-0.15, -0.1) is 0 Å². The lowest BCUT2D eigenvalue weighted by molar-refractivity contribution is 0.0913. The highest BCUT2D eigenvalue weighted by Gasteiger charge is 2.32. The quantitative estimate of drug-likeness (QED) is 0.812. The first-order valence-corrected chi connectivity index (χ1v) is 6.22. The Morgan fingerprint density at radius 2 is 1.84 bits per heavy atom. The van der Waals surface area contributed by atoms with Crippen LogP contribution >= 0.6 is 0 Å². The van der Waals surface area contributed by atoms with E-state index in [0.717, 1.165) is 0 Å². The van der Waals surface area contributed by atoms with Crippen LogP contribution in [0.15, 0.2) is 18.2 Å². The molecule has 5 nitrogen and oxygen atoms in total. The summed E-state index contributed by atoms with van der Waals surface area (Å²) in [6, 6.07) is 5.07. The molecule has 0 saturated carbocycles. The predicted octanol–water partition coefficient (Wildman–Crippen LogP) is 1.26. The lowest BCUT2D eigenvalue weighted by Gasteiger charge is -2.15. The molecule has 5 heteroatoms. The molecule has 0 spiro atoms. The molecular formula is C14H19NO4. The zero-order valence-corrected chi connectivity index (χ0v) is 11.4. The number of Topliss-reactive ketones (excluding diaryl/α,β-unsaturated/α-hetero) is 1. The van der Waals surface area contributed by atoms with E-state index in [4.69, 9.17) is 14.2 Å². The van der Waals surface area contributed by atoms with Gasteiger partial charge in [-0.3, -0.25) is 4.79 Å². The number of carbonyl (C=O) groups is 1. The van der Waals surface area contributed by atoms with Crippen LogP contribution in [0.5, 0.6) is 11.5 Å². The number of carbonyl (C=O) groups excluding carboxylic acids is 1. The summed E-state index contributed by atoms with van der Waals surface area (Å²) in [7, 11) is 4.75. The Morgan fingerprint density at radius 1 is 1.21 bits per heavy atom. The monoisotopic (exact) mass is 265 g/mol. The normalized spacial score (nSPS) is 22.3. The van der Waals surface area contributed by atoms with Gasteiger partial charge < -0.3 is 19.5 Å². The smallest absolute Gasteiger partial charge is 0.187 e. The van der Waals surface area contributed by atoms with Crippen LogP contribution in [0.25, 0.3) is 0 Å². The van der Waals surface area contributed by atoms with Crippen LogP contribution in [0, 0.1) is 0 Å². The van der Waals surface area contributed by atoms with Crippen molar-refractivity contribution in [1.82, 2.24) is 5.32 Å². The van der Waals surface area contributed by atoms with Gasteiger partial charge in [0.25, 0.3) is 0 Å².